The van der Waals surface area contributed by atoms with Gasteiger partial charge >= 0.3 is 5.97 Å². The first-order valence-corrected chi connectivity index (χ1v) is 19.5. The zero-order valence-corrected chi connectivity index (χ0v) is 31.7. The van der Waals surface area contributed by atoms with Gasteiger partial charge in [-0.05, 0) is 110 Å². The van der Waals surface area contributed by atoms with E-state index in [4.69, 9.17) is 25.7 Å². The number of carboxylic acid groups (broad SMARTS) is 1. The van der Waals surface area contributed by atoms with Gasteiger partial charge in [0.25, 0.3) is 0 Å². The van der Waals surface area contributed by atoms with Crippen LogP contribution in [0.5, 0.6) is 0 Å². The lowest BCUT2D eigenvalue weighted by atomic mass is 9.34. The third-order valence-corrected chi connectivity index (χ3v) is 15.7. The molecule has 1 saturated heterocycles. The number of unbranched alkanes of at least 4 members (excludes halogenated alkanes) is 1. The Morgan fingerprint density at radius 1 is 1.10 bits per heavy atom. The van der Waals surface area contributed by atoms with E-state index in [2.05, 4.69) is 59.9 Å². The molecule has 8 nitrogen and oxygen atoms in total. The van der Waals surface area contributed by atoms with Gasteiger partial charge in [-0.15, -0.1) is 0 Å². The van der Waals surface area contributed by atoms with Gasteiger partial charge in [-0.1, -0.05) is 66.5 Å². The maximum atomic E-state index is 13.4. The van der Waals surface area contributed by atoms with Crippen molar-refractivity contribution in [2.75, 3.05) is 46.6 Å². The summed E-state index contributed by atoms with van der Waals surface area (Å²) in [5.41, 5.74) is 12.8. The first kappa shape index (κ1) is 38.2. The monoisotopic (exact) mass is 674 g/mol. The van der Waals surface area contributed by atoms with E-state index in [1.807, 2.05) is 7.11 Å². The molecule has 5 rings (SSSR count). The van der Waals surface area contributed by atoms with Crippen LogP contribution in [0.4, 0.5) is 0 Å². The molecule has 5 aliphatic rings. The standard InChI is InChI=1S/C40H71N3O5/c1-26(2)27(3)36(4)16-17-38(6)29-12-13-32-37(5)25-47-21-18-40(32,30(29)14-15-39(38,7)33(36)35(44)45)23-31(46-8)34(37)48-22-20-43-24-28(42)11-9-10-19-41/h14,26-29,31-34,43H,9-13,15-25,41-42H2,1-8H3,(H,44,45)/t27-,28+,29+,31-,32?,33-,34+,36-,37-,38-,39+,40-/m1/s1. The molecule has 0 aromatic rings. The van der Waals surface area contributed by atoms with E-state index < -0.39 is 5.97 Å². The van der Waals surface area contributed by atoms with Gasteiger partial charge in [0.05, 0.1) is 31.3 Å². The fourth-order valence-electron chi connectivity index (χ4n) is 12.6. The molecule has 1 aliphatic heterocycles. The van der Waals surface area contributed by atoms with E-state index in [0.717, 1.165) is 90.4 Å². The van der Waals surface area contributed by atoms with Crippen molar-refractivity contribution < 1.29 is 24.1 Å². The topological polar surface area (TPSA) is 129 Å². The number of fused-ring (bicyclic) bond motifs is 3. The van der Waals surface area contributed by atoms with Gasteiger partial charge in [-0.25, -0.2) is 0 Å². The Hall–Kier alpha value is -1.03. The molecular formula is C40H71N3O5. The molecule has 3 saturated carbocycles. The number of nitrogens with two attached hydrogens (primary N) is 2. The van der Waals surface area contributed by atoms with E-state index in [1.165, 1.54) is 0 Å². The summed E-state index contributed by atoms with van der Waals surface area (Å²) in [6.45, 7) is 20.7. The smallest absolute Gasteiger partial charge is 0.307 e. The Kier molecular flexibility index (Phi) is 11.6. The highest BCUT2D eigenvalue weighted by Gasteiger charge is 2.71. The van der Waals surface area contributed by atoms with Crippen LogP contribution in [-0.4, -0.2) is 75.9 Å². The summed E-state index contributed by atoms with van der Waals surface area (Å²) in [5.74, 6) is 0.628. The van der Waals surface area contributed by atoms with Gasteiger partial charge in [-0.3, -0.25) is 4.79 Å². The lowest BCUT2D eigenvalue weighted by molar-refractivity contribution is -0.219. The summed E-state index contributed by atoms with van der Waals surface area (Å²) in [5, 5.41) is 14.5. The predicted molar refractivity (Wildman–Crippen MR) is 192 cm³/mol. The van der Waals surface area contributed by atoms with Crippen molar-refractivity contribution in [3.05, 3.63) is 11.6 Å². The molecule has 0 radical (unpaired) electrons. The number of hydrogen-bond donors (Lipinski definition) is 4. The maximum Gasteiger partial charge on any atom is 0.307 e. The molecule has 4 aliphatic carbocycles. The molecule has 4 fully saturated rings. The van der Waals surface area contributed by atoms with E-state index in [0.29, 0.717) is 36.9 Å². The number of aliphatic carboxylic acids is 1. The normalized spacial score (nSPS) is 43.7. The van der Waals surface area contributed by atoms with Gasteiger partial charge in [0, 0.05) is 38.3 Å². The second kappa shape index (κ2) is 14.5. The maximum absolute atomic E-state index is 13.4. The number of rotatable bonds is 14. The molecule has 12 atom stereocenters. The molecule has 1 unspecified atom stereocenters. The van der Waals surface area contributed by atoms with Crippen molar-refractivity contribution in [1.29, 1.82) is 0 Å². The molecule has 8 heteroatoms. The largest absolute Gasteiger partial charge is 0.481 e. The number of carboxylic acids is 1. The molecule has 0 aromatic heterocycles. The van der Waals surface area contributed by atoms with Crippen LogP contribution in [0.15, 0.2) is 11.6 Å². The minimum Gasteiger partial charge on any atom is -0.481 e. The number of hydrogen-bond acceptors (Lipinski definition) is 7. The summed E-state index contributed by atoms with van der Waals surface area (Å²) in [7, 11) is 1.86. The third kappa shape index (κ3) is 6.14. The number of allylic oxidation sites excluding steroid dienone is 2. The van der Waals surface area contributed by atoms with Crippen LogP contribution in [-0.2, 0) is 19.0 Å². The van der Waals surface area contributed by atoms with Crippen LogP contribution in [0.3, 0.4) is 0 Å². The van der Waals surface area contributed by atoms with Crippen molar-refractivity contribution in [3.63, 3.8) is 0 Å². The van der Waals surface area contributed by atoms with E-state index in [9.17, 15) is 9.90 Å². The van der Waals surface area contributed by atoms with Crippen molar-refractivity contribution in [2.24, 2.45) is 68.1 Å². The minimum atomic E-state index is -0.599. The number of nitrogens with one attached hydrogen (secondary N) is 1. The Labute approximate surface area is 292 Å². The van der Waals surface area contributed by atoms with Crippen LogP contribution in [0.25, 0.3) is 0 Å². The quantitative estimate of drug-likeness (QED) is 0.123. The van der Waals surface area contributed by atoms with Gasteiger partial charge in [0.1, 0.15) is 0 Å². The molecule has 0 spiro atoms. The second-order valence-electron chi connectivity index (χ2n) is 18.2. The van der Waals surface area contributed by atoms with Gasteiger partial charge in [0.2, 0.25) is 0 Å². The summed E-state index contributed by atoms with van der Waals surface area (Å²) in [4.78, 5) is 13.4. The molecule has 6 N–H and O–H groups in total. The SMILES string of the molecule is CO[C@@H]1C[C@@]23CCOC[C@](C)(C2CC[C@H]2C3=CC[C@@]3(C)[C@H](C(=O)O)[C@@](C)([C@H](C)C(C)C)CC[C@]23C)[C@H]1OCCNC[C@@H](N)CCCCN. The summed E-state index contributed by atoms with van der Waals surface area (Å²) in [6.07, 6.45) is 12.6. The minimum absolute atomic E-state index is 0.0156. The zero-order chi connectivity index (χ0) is 35.1. The Morgan fingerprint density at radius 2 is 1.85 bits per heavy atom. The zero-order valence-electron chi connectivity index (χ0n) is 31.7. The van der Waals surface area contributed by atoms with Gasteiger partial charge in [0.15, 0.2) is 0 Å². The Bertz CT molecular complexity index is 1160. The fourth-order valence-corrected chi connectivity index (χ4v) is 12.6. The Morgan fingerprint density at radius 3 is 2.52 bits per heavy atom. The van der Waals surface area contributed by atoms with Crippen molar-refractivity contribution >= 4 is 5.97 Å². The van der Waals surface area contributed by atoms with E-state index >= 15 is 0 Å². The lowest BCUT2D eigenvalue weighted by Crippen LogP contribution is -2.67. The molecular weight excluding hydrogens is 602 g/mol. The van der Waals surface area contributed by atoms with Crippen molar-refractivity contribution in [2.45, 2.75) is 131 Å². The third-order valence-electron chi connectivity index (χ3n) is 15.7. The number of carbonyl (C=O) groups is 1. The van der Waals surface area contributed by atoms with Crippen LogP contribution in [0.1, 0.15) is 113 Å². The molecule has 0 aromatic carbocycles. The highest BCUT2D eigenvalue weighted by atomic mass is 16.5. The molecule has 48 heavy (non-hydrogen) atoms. The highest BCUT2D eigenvalue weighted by Crippen LogP contribution is 2.75. The van der Waals surface area contributed by atoms with E-state index in [-0.39, 0.29) is 51.2 Å². The summed E-state index contributed by atoms with van der Waals surface area (Å²) >= 11 is 0. The number of ether oxygens (including phenoxy) is 3. The average molecular weight is 674 g/mol. The first-order valence-electron chi connectivity index (χ1n) is 19.5. The van der Waals surface area contributed by atoms with E-state index in [1.54, 1.807) is 5.57 Å². The summed E-state index contributed by atoms with van der Waals surface area (Å²) in [6, 6.07) is 0.135. The van der Waals surface area contributed by atoms with Gasteiger partial charge in [-0.2, -0.15) is 0 Å². The number of methoxy groups -OCH3 is 1. The highest BCUT2D eigenvalue weighted by molar-refractivity contribution is 5.73. The second-order valence-corrected chi connectivity index (χ2v) is 18.2. The van der Waals surface area contributed by atoms with Crippen LogP contribution in [0.2, 0.25) is 0 Å². The summed E-state index contributed by atoms with van der Waals surface area (Å²) < 4.78 is 19.7. The molecule has 276 valence electrons. The first-order chi connectivity index (χ1) is 22.7. The Balaban J connectivity index is 1.41. The van der Waals surface area contributed by atoms with Gasteiger partial charge < -0.3 is 36.1 Å². The molecule has 0 amide bonds. The fraction of sp³-hybridized carbons (Fsp3) is 0.925. The average Bonchev–Trinajstić information content (AvgIpc) is 3.14. The molecule has 2 bridgehead atoms. The van der Waals surface area contributed by atoms with Crippen molar-refractivity contribution in [3.8, 4) is 0 Å². The molecule has 1 heterocycles. The van der Waals surface area contributed by atoms with Crippen LogP contribution in [0, 0.1) is 56.7 Å². The predicted octanol–water partition coefficient (Wildman–Crippen LogP) is 6.41. The van der Waals surface area contributed by atoms with Crippen molar-refractivity contribution in [1.82, 2.24) is 5.32 Å². The van der Waals surface area contributed by atoms with Crippen LogP contribution >= 0.6 is 0 Å². The van der Waals surface area contributed by atoms with Crippen LogP contribution < -0.4 is 16.8 Å². The lowest BCUT2D eigenvalue weighted by Gasteiger charge is -2.70.